The first-order valence-electron chi connectivity index (χ1n) is 6.65. The molecule has 0 bridgehead atoms. The lowest BCUT2D eigenvalue weighted by atomic mass is 10.2. The third-order valence-electron chi connectivity index (χ3n) is 3.00. The average molecular weight is 352 g/mol. The van der Waals surface area contributed by atoms with E-state index in [1.165, 1.54) is 30.3 Å². The summed E-state index contributed by atoms with van der Waals surface area (Å²) in [4.78, 5) is 33.5. The third-order valence-corrected chi connectivity index (χ3v) is 3.32. The fourth-order valence-electron chi connectivity index (χ4n) is 1.82. The maximum absolute atomic E-state index is 13.4. The molecule has 0 unspecified atom stereocenters. The van der Waals surface area contributed by atoms with Crippen LogP contribution in [0.3, 0.4) is 0 Å². The van der Waals surface area contributed by atoms with Crippen LogP contribution >= 0.6 is 11.6 Å². The van der Waals surface area contributed by atoms with Gasteiger partial charge in [-0.05, 0) is 18.2 Å². The molecule has 0 aliphatic heterocycles. The molecule has 0 saturated heterocycles. The van der Waals surface area contributed by atoms with Crippen LogP contribution in [0.15, 0.2) is 42.5 Å². The van der Waals surface area contributed by atoms with E-state index >= 15 is 0 Å². The Balaban J connectivity index is 1.99. The van der Waals surface area contributed by atoms with Gasteiger partial charge in [0.2, 0.25) is 0 Å². The Kier molecular flexibility index (Phi) is 5.43. The van der Waals surface area contributed by atoms with E-state index in [4.69, 9.17) is 11.6 Å². The first-order valence-corrected chi connectivity index (χ1v) is 7.03. The number of hydrogen-bond donors (Lipinski definition) is 2. The van der Waals surface area contributed by atoms with Gasteiger partial charge < -0.3 is 10.6 Å². The van der Waals surface area contributed by atoms with Crippen molar-refractivity contribution in [2.75, 3.05) is 5.32 Å². The number of carbonyl (C=O) groups excluding carboxylic acids is 2. The summed E-state index contributed by atoms with van der Waals surface area (Å²) in [5, 5.41) is 15.1. The summed E-state index contributed by atoms with van der Waals surface area (Å²) in [5.74, 6) is -2.55. The van der Waals surface area contributed by atoms with Gasteiger partial charge in [-0.2, -0.15) is 0 Å². The number of hydrogen-bond acceptors (Lipinski definition) is 4. The maximum Gasteiger partial charge on any atom is 0.313 e. The summed E-state index contributed by atoms with van der Waals surface area (Å²) in [5.41, 5.74) is -0.140. The second-order valence-corrected chi connectivity index (χ2v) is 5.06. The van der Waals surface area contributed by atoms with Crippen LogP contribution in [0.1, 0.15) is 5.56 Å². The number of nitrogens with zero attached hydrogens (tertiary/aromatic N) is 1. The van der Waals surface area contributed by atoms with Gasteiger partial charge in [0.05, 0.1) is 4.92 Å². The van der Waals surface area contributed by atoms with Crippen LogP contribution in [0.2, 0.25) is 5.02 Å². The van der Waals surface area contributed by atoms with Gasteiger partial charge in [0.25, 0.3) is 5.69 Å². The highest BCUT2D eigenvalue weighted by Gasteiger charge is 2.17. The molecule has 7 nitrogen and oxygen atoms in total. The fraction of sp³-hybridized carbons (Fsp3) is 0.0667. The van der Waals surface area contributed by atoms with Crippen LogP contribution in [0.5, 0.6) is 0 Å². The molecule has 24 heavy (non-hydrogen) atoms. The van der Waals surface area contributed by atoms with Crippen LogP contribution in [-0.2, 0) is 16.1 Å². The van der Waals surface area contributed by atoms with Gasteiger partial charge in [0, 0.05) is 23.9 Å². The van der Waals surface area contributed by atoms with Gasteiger partial charge in [-0.25, -0.2) is 4.39 Å². The van der Waals surface area contributed by atoms with Gasteiger partial charge in [0.1, 0.15) is 10.8 Å². The van der Waals surface area contributed by atoms with Crippen molar-refractivity contribution in [3.05, 3.63) is 69.0 Å². The summed E-state index contributed by atoms with van der Waals surface area (Å²) in [7, 11) is 0. The predicted octanol–water partition coefficient (Wildman–Crippen LogP) is 2.64. The maximum atomic E-state index is 13.4. The van der Waals surface area contributed by atoms with Crippen LogP contribution in [-0.4, -0.2) is 16.7 Å². The van der Waals surface area contributed by atoms with Crippen molar-refractivity contribution in [2.45, 2.75) is 6.54 Å². The van der Waals surface area contributed by atoms with Crippen molar-refractivity contribution in [1.82, 2.24) is 5.32 Å². The van der Waals surface area contributed by atoms with Crippen molar-refractivity contribution in [3.63, 3.8) is 0 Å². The Hall–Kier alpha value is -3.00. The second kappa shape index (κ2) is 7.51. The minimum atomic E-state index is -1.04. The number of benzene rings is 2. The molecular formula is C15H11ClFN3O4. The lowest BCUT2D eigenvalue weighted by Crippen LogP contribution is -2.35. The van der Waals surface area contributed by atoms with Gasteiger partial charge in [-0.15, -0.1) is 0 Å². The molecule has 0 aliphatic carbocycles. The molecule has 2 aromatic rings. The molecule has 0 spiro atoms. The number of amides is 2. The number of nitro benzene ring substituents is 1. The lowest BCUT2D eigenvalue weighted by molar-refractivity contribution is -0.384. The quantitative estimate of drug-likeness (QED) is 0.502. The van der Waals surface area contributed by atoms with Crippen molar-refractivity contribution < 1.29 is 18.9 Å². The summed E-state index contributed by atoms with van der Waals surface area (Å²) in [6.07, 6.45) is 0. The number of rotatable bonds is 4. The Morgan fingerprint density at radius 3 is 2.54 bits per heavy atom. The zero-order valence-electron chi connectivity index (χ0n) is 12.1. The number of nitro groups is 1. The van der Waals surface area contributed by atoms with E-state index < -0.39 is 28.2 Å². The summed E-state index contributed by atoms with van der Waals surface area (Å²) in [6.45, 7) is -0.167. The molecule has 2 rings (SSSR count). The predicted molar refractivity (Wildman–Crippen MR) is 85.0 cm³/mol. The smallest absolute Gasteiger partial charge is 0.313 e. The zero-order valence-corrected chi connectivity index (χ0v) is 12.8. The molecule has 0 aromatic heterocycles. The molecule has 2 aromatic carbocycles. The van der Waals surface area contributed by atoms with Crippen molar-refractivity contribution >= 4 is 34.8 Å². The minimum absolute atomic E-state index is 0.0390. The van der Waals surface area contributed by atoms with Crippen molar-refractivity contribution in [3.8, 4) is 0 Å². The molecule has 0 atom stereocenters. The standard InChI is InChI=1S/C15H11ClFN3O4/c16-11-6-5-10(7-13(11)20(23)24)19-15(22)14(21)18-8-9-3-1-2-4-12(9)17/h1-7H,8H2,(H,18,21)(H,19,22). The van der Waals surface area contributed by atoms with Gasteiger partial charge in [-0.3, -0.25) is 19.7 Å². The molecule has 0 aliphatic rings. The average Bonchev–Trinajstić information content (AvgIpc) is 2.55. The minimum Gasteiger partial charge on any atom is -0.344 e. The monoisotopic (exact) mass is 351 g/mol. The number of anilines is 1. The first kappa shape index (κ1) is 17.4. The van der Waals surface area contributed by atoms with E-state index in [1.54, 1.807) is 6.07 Å². The molecule has 0 heterocycles. The van der Waals surface area contributed by atoms with Gasteiger partial charge >= 0.3 is 11.8 Å². The molecule has 124 valence electrons. The molecule has 2 N–H and O–H groups in total. The molecule has 0 radical (unpaired) electrons. The Morgan fingerprint density at radius 1 is 1.17 bits per heavy atom. The number of nitrogens with one attached hydrogen (secondary N) is 2. The van der Waals surface area contributed by atoms with Crippen molar-refractivity contribution in [1.29, 1.82) is 0 Å². The molecule has 0 saturated carbocycles. The van der Waals surface area contributed by atoms with E-state index in [1.807, 2.05) is 0 Å². The van der Waals surface area contributed by atoms with E-state index in [0.717, 1.165) is 6.07 Å². The molecule has 9 heteroatoms. The Bertz CT molecular complexity index is 813. The molecular weight excluding hydrogens is 341 g/mol. The number of halogens is 2. The molecule has 2 amide bonds. The molecule has 0 fully saturated rings. The van der Waals surface area contributed by atoms with Crippen LogP contribution in [0, 0.1) is 15.9 Å². The van der Waals surface area contributed by atoms with Crippen LogP contribution < -0.4 is 10.6 Å². The highest BCUT2D eigenvalue weighted by molar-refractivity contribution is 6.39. The third kappa shape index (κ3) is 4.26. The zero-order chi connectivity index (χ0) is 17.7. The second-order valence-electron chi connectivity index (χ2n) is 4.65. The Morgan fingerprint density at radius 2 is 1.88 bits per heavy atom. The summed E-state index contributed by atoms with van der Waals surface area (Å²) >= 11 is 5.65. The summed E-state index contributed by atoms with van der Waals surface area (Å²) in [6, 6.07) is 9.37. The van der Waals surface area contributed by atoms with Crippen LogP contribution in [0.4, 0.5) is 15.8 Å². The Labute approximate surface area is 140 Å². The SMILES string of the molecule is O=C(NCc1ccccc1F)C(=O)Nc1ccc(Cl)c([N+](=O)[O-])c1. The highest BCUT2D eigenvalue weighted by Crippen LogP contribution is 2.27. The number of carbonyl (C=O) groups is 2. The lowest BCUT2D eigenvalue weighted by Gasteiger charge is -2.07. The van der Waals surface area contributed by atoms with Crippen molar-refractivity contribution in [2.24, 2.45) is 0 Å². The fourth-order valence-corrected chi connectivity index (χ4v) is 2.00. The van der Waals surface area contributed by atoms with E-state index in [-0.39, 0.29) is 22.8 Å². The largest absolute Gasteiger partial charge is 0.344 e. The highest BCUT2D eigenvalue weighted by atomic mass is 35.5. The van der Waals surface area contributed by atoms with E-state index in [2.05, 4.69) is 10.6 Å². The van der Waals surface area contributed by atoms with Gasteiger partial charge in [0.15, 0.2) is 0 Å². The topological polar surface area (TPSA) is 101 Å². The van der Waals surface area contributed by atoms with Gasteiger partial charge in [-0.1, -0.05) is 29.8 Å². The first-order chi connectivity index (χ1) is 11.4. The normalized spacial score (nSPS) is 10.1. The van der Waals surface area contributed by atoms with E-state index in [9.17, 15) is 24.1 Å². The summed E-state index contributed by atoms with van der Waals surface area (Å²) < 4.78 is 13.4. The van der Waals surface area contributed by atoms with E-state index in [0.29, 0.717) is 0 Å². The van der Waals surface area contributed by atoms with Crippen LogP contribution in [0.25, 0.3) is 0 Å².